The van der Waals surface area contributed by atoms with E-state index in [0.29, 0.717) is 10.8 Å². The third-order valence-corrected chi connectivity index (χ3v) is 9.09. The molecule has 0 N–H and O–H groups in total. The van der Waals surface area contributed by atoms with E-state index >= 15 is 0 Å². The number of rotatable bonds is 2. The SMILES string of the molecule is Cc1cc(C(Cl)C23CC4CC(CC(C)(C4)C2)C3)sc1Br. The molecule has 4 saturated carbocycles. The molecule has 4 bridgehead atoms. The molecule has 4 aliphatic carbocycles. The molecule has 1 heterocycles. The molecule has 5 rings (SSSR count). The highest BCUT2D eigenvalue weighted by Crippen LogP contribution is 2.69. The molecule has 0 amide bonds. The van der Waals surface area contributed by atoms with Gasteiger partial charge in [0.05, 0.1) is 9.16 Å². The fourth-order valence-corrected chi connectivity index (χ4v) is 8.15. The lowest BCUT2D eigenvalue weighted by atomic mass is 9.44. The van der Waals surface area contributed by atoms with Gasteiger partial charge in [0.2, 0.25) is 0 Å². The van der Waals surface area contributed by atoms with E-state index in [1.165, 1.54) is 52.8 Å². The summed E-state index contributed by atoms with van der Waals surface area (Å²) < 4.78 is 1.26. The normalized spacial score (nSPS) is 44.0. The van der Waals surface area contributed by atoms with E-state index in [0.717, 1.165) is 11.8 Å². The van der Waals surface area contributed by atoms with E-state index in [4.69, 9.17) is 11.6 Å². The van der Waals surface area contributed by atoms with Gasteiger partial charge in [0.1, 0.15) is 0 Å². The molecule has 20 heavy (non-hydrogen) atoms. The van der Waals surface area contributed by atoms with E-state index in [9.17, 15) is 0 Å². The van der Waals surface area contributed by atoms with Crippen molar-refractivity contribution in [2.45, 2.75) is 57.7 Å². The van der Waals surface area contributed by atoms with Gasteiger partial charge in [-0.25, -0.2) is 0 Å². The minimum absolute atomic E-state index is 0.225. The van der Waals surface area contributed by atoms with Gasteiger partial charge in [-0.1, -0.05) is 6.92 Å². The fraction of sp³-hybridized carbons (Fsp3) is 0.765. The lowest BCUT2D eigenvalue weighted by Gasteiger charge is -2.62. The average molecular weight is 374 g/mol. The Morgan fingerprint density at radius 2 is 1.95 bits per heavy atom. The number of hydrogen-bond acceptors (Lipinski definition) is 1. The van der Waals surface area contributed by atoms with Crippen molar-refractivity contribution in [3.8, 4) is 0 Å². The summed E-state index contributed by atoms with van der Waals surface area (Å²) in [6.07, 6.45) is 8.51. The van der Waals surface area contributed by atoms with Crippen molar-refractivity contribution >= 4 is 38.9 Å². The molecule has 4 fully saturated rings. The average Bonchev–Trinajstić information content (AvgIpc) is 2.65. The molecule has 3 heteroatoms. The Kier molecular flexibility index (Phi) is 3.16. The zero-order chi connectivity index (χ0) is 14.1. The Morgan fingerprint density at radius 1 is 1.30 bits per heavy atom. The molecular weight excluding hydrogens is 352 g/mol. The van der Waals surface area contributed by atoms with Gasteiger partial charge in [-0.3, -0.25) is 0 Å². The van der Waals surface area contributed by atoms with Crippen LogP contribution >= 0.6 is 38.9 Å². The van der Waals surface area contributed by atoms with Gasteiger partial charge in [-0.15, -0.1) is 22.9 Å². The maximum Gasteiger partial charge on any atom is 0.0735 e. The van der Waals surface area contributed by atoms with Crippen molar-refractivity contribution in [2.75, 3.05) is 0 Å². The first-order valence-electron chi connectivity index (χ1n) is 7.79. The summed E-state index contributed by atoms with van der Waals surface area (Å²) in [5, 5.41) is 0.225. The molecule has 0 spiro atoms. The first kappa shape index (κ1) is 14.1. The van der Waals surface area contributed by atoms with E-state index in [1.807, 2.05) is 11.3 Å². The highest BCUT2D eigenvalue weighted by atomic mass is 79.9. The molecule has 0 nitrogen and oxygen atoms in total. The zero-order valence-electron chi connectivity index (χ0n) is 12.2. The van der Waals surface area contributed by atoms with Crippen molar-refractivity contribution in [3.63, 3.8) is 0 Å². The van der Waals surface area contributed by atoms with Gasteiger partial charge in [-0.05, 0) is 95.7 Å². The van der Waals surface area contributed by atoms with E-state index in [2.05, 4.69) is 35.8 Å². The number of halogens is 2. The molecule has 0 aromatic carbocycles. The van der Waals surface area contributed by atoms with Crippen LogP contribution in [0.25, 0.3) is 0 Å². The van der Waals surface area contributed by atoms with Crippen LogP contribution in [0.5, 0.6) is 0 Å². The second-order valence-electron chi connectivity index (χ2n) is 8.10. The molecular formula is C17H22BrClS. The Labute approximate surface area is 139 Å². The minimum Gasteiger partial charge on any atom is -0.131 e. The van der Waals surface area contributed by atoms with Crippen molar-refractivity contribution in [1.29, 1.82) is 0 Å². The van der Waals surface area contributed by atoms with Crippen molar-refractivity contribution < 1.29 is 0 Å². The van der Waals surface area contributed by atoms with Crippen molar-refractivity contribution in [1.82, 2.24) is 0 Å². The first-order valence-corrected chi connectivity index (χ1v) is 9.84. The van der Waals surface area contributed by atoms with Crippen LogP contribution in [0, 0.1) is 29.6 Å². The Bertz CT molecular complexity index is 516. The largest absolute Gasteiger partial charge is 0.131 e. The Hall–Kier alpha value is 0.470. The summed E-state index contributed by atoms with van der Waals surface area (Å²) in [4.78, 5) is 1.39. The molecule has 110 valence electrons. The third-order valence-electron chi connectivity index (χ3n) is 6.06. The zero-order valence-corrected chi connectivity index (χ0v) is 15.4. The molecule has 3 unspecified atom stereocenters. The van der Waals surface area contributed by atoms with Gasteiger partial charge in [-0.2, -0.15) is 0 Å². The predicted octanol–water partition coefficient (Wildman–Crippen LogP) is 6.71. The van der Waals surface area contributed by atoms with Crippen LogP contribution in [0.2, 0.25) is 0 Å². The van der Waals surface area contributed by atoms with E-state index < -0.39 is 0 Å². The van der Waals surface area contributed by atoms with Gasteiger partial charge >= 0.3 is 0 Å². The quantitative estimate of drug-likeness (QED) is 0.506. The van der Waals surface area contributed by atoms with Crippen molar-refractivity contribution in [2.24, 2.45) is 22.7 Å². The maximum atomic E-state index is 7.06. The molecule has 0 radical (unpaired) electrons. The topological polar surface area (TPSA) is 0 Å². The number of alkyl halides is 1. The number of thiophene rings is 1. The molecule has 1 aromatic heterocycles. The summed E-state index contributed by atoms with van der Waals surface area (Å²) in [5.41, 5.74) is 2.31. The Morgan fingerprint density at radius 3 is 2.45 bits per heavy atom. The monoisotopic (exact) mass is 372 g/mol. The van der Waals surface area contributed by atoms with Crippen LogP contribution < -0.4 is 0 Å². The number of aryl methyl sites for hydroxylation is 1. The van der Waals surface area contributed by atoms with Crippen LogP contribution in [-0.2, 0) is 0 Å². The lowest BCUT2D eigenvalue weighted by molar-refractivity contribution is -0.103. The maximum absolute atomic E-state index is 7.06. The van der Waals surface area contributed by atoms with Crippen LogP contribution in [0.4, 0.5) is 0 Å². The highest BCUT2D eigenvalue weighted by Gasteiger charge is 2.58. The highest BCUT2D eigenvalue weighted by molar-refractivity contribution is 9.11. The van der Waals surface area contributed by atoms with E-state index in [-0.39, 0.29) is 5.38 Å². The van der Waals surface area contributed by atoms with Gasteiger partial charge < -0.3 is 0 Å². The second-order valence-corrected chi connectivity index (χ2v) is 10.9. The first-order chi connectivity index (χ1) is 9.39. The second kappa shape index (κ2) is 4.49. The molecule has 0 aliphatic heterocycles. The number of hydrogen-bond donors (Lipinski definition) is 0. The lowest BCUT2D eigenvalue weighted by Crippen LogP contribution is -2.52. The summed E-state index contributed by atoms with van der Waals surface area (Å²) >= 11 is 12.6. The Balaban J connectivity index is 1.70. The fourth-order valence-electron chi connectivity index (χ4n) is 6.00. The third kappa shape index (κ3) is 2.05. The smallest absolute Gasteiger partial charge is 0.0735 e. The molecule has 1 aromatic rings. The van der Waals surface area contributed by atoms with Crippen LogP contribution in [0.15, 0.2) is 9.85 Å². The summed E-state index contributed by atoms with van der Waals surface area (Å²) in [6.45, 7) is 4.70. The predicted molar refractivity (Wildman–Crippen MR) is 90.6 cm³/mol. The van der Waals surface area contributed by atoms with E-state index in [1.54, 1.807) is 0 Å². The van der Waals surface area contributed by atoms with Crippen LogP contribution in [0.3, 0.4) is 0 Å². The molecule has 4 aliphatic rings. The van der Waals surface area contributed by atoms with Crippen LogP contribution in [0.1, 0.15) is 61.3 Å². The summed E-state index contributed by atoms with van der Waals surface area (Å²) in [6, 6.07) is 2.31. The van der Waals surface area contributed by atoms with Gasteiger partial charge in [0.25, 0.3) is 0 Å². The van der Waals surface area contributed by atoms with Crippen LogP contribution in [-0.4, -0.2) is 0 Å². The summed E-state index contributed by atoms with van der Waals surface area (Å²) in [7, 11) is 0. The van der Waals surface area contributed by atoms with Gasteiger partial charge in [0, 0.05) is 4.88 Å². The standard InChI is InChI=1S/C17H22BrClS/c1-10-3-13(20-15(10)18)14(19)17-7-11-4-12(8-17)6-16(2,5-11)9-17/h3,11-12,14H,4-9H2,1-2H3. The van der Waals surface area contributed by atoms with Crippen molar-refractivity contribution in [3.05, 3.63) is 20.3 Å². The molecule has 3 atom stereocenters. The molecule has 0 saturated heterocycles. The summed E-state index contributed by atoms with van der Waals surface area (Å²) in [5.74, 6) is 1.90. The van der Waals surface area contributed by atoms with Gasteiger partial charge in [0.15, 0.2) is 0 Å². The minimum atomic E-state index is 0.225.